The highest BCUT2D eigenvalue weighted by molar-refractivity contribution is 7.89. The maximum Gasteiger partial charge on any atom is 0.244 e. The van der Waals surface area contributed by atoms with Crippen LogP contribution in [0.1, 0.15) is 31.1 Å². The second kappa shape index (κ2) is 8.22. The van der Waals surface area contributed by atoms with E-state index < -0.39 is 22.2 Å². The number of aliphatic hydroxyl groups excluding tert-OH is 1. The summed E-state index contributed by atoms with van der Waals surface area (Å²) in [6, 6.07) is 9.12. The summed E-state index contributed by atoms with van der Waals surface area (Å²) in [5.74, 6) is 1.40. The number of sulfonamides is 1. The van der Waals surface area contributed by atoms with E-state index in [0.29, 0.717) is 22.8 Å². The predicted molar refractivity (Wildman–Crippen MR) is 109 cm³/mol. The quantitative estimate of drug-likeness (QED) is 0.772. The van der Waals surface area contributed by atoms with E-state index in [0.717, 1.165) is 5.56 Å². The molecule has 0 saturated carbocycles. The van der Waals surface area contributed by atoms with Crippen LogP contribution in [0.15, 0.2) is 41.3 Å². The number of aliphatic hydroxyl groups is 1. The molecule has 29 heavy (non-hydrogen) atoms. The van der Waals surface area contributed by atoms with Crippen LogP contribution in [-0.2, 0) is 16.4 Å². The average Bonchev–Trinajstić information content (AvgIpc) is 2.70. The molecular formula is C21H27NO6S. The zero-order valence-electron chi connectivity index (χ0n) is 17.2. The van der Waals surface area contributed by atoms with Crippen molar-refractivity contribution in [3.8, 4) is 17.2 Å². The van der Waals surface area contributed by atoms with Gasteiger partial charge in [-0.25, -0.2) is 8.42 Å². The zero-order valence-corrected chi connectivity index (χ0v) is 18.1. The van der Waals surface area contributed by atoms with Gasteiger partial charge in [0, 0.05) is 11.6 Å². The molecule has 2 aromatic rings. The highest BCUT2D eigenvalue weighted by Crippen LogP contribution is 2.44. The van der Waals surface area contributed by atoms with E-state index >= 15 is 0 Å². The molecule has 7 nitrogen and oxygen atoms in total. The Morgan fingerprint density at radius 3 is 2.24 bits per heavy atom. The number of fused-ring (bicyclic) bond motifs is 1. The molecule has 0 radical (unpaired) electrons. The van der Waals surface area contributed by atoms with E-state index in [-0.39, 0.29) is 17.4 Å². The molecule has 1 aliphatic rings. The van der Waals surface area contributed by atoms with Crippen LogP contribution in [0.4, 0.5) is 0 Å². The Morgan fingerprint density at radius 1 is 1.00 bits per heavy atom. The lowest BCUT2D eigenvalue weighted by Crippen LogP contribution is -2.52. The highest BCUT2D eigenvalue weighted by atomic mass is 32.2. The first-order chi connectivity index (χ1) is 13.8. The lowest BCUT2D eigenvalue weighted by Gasteiger charge is -2.41. The van der Waals surface area contributed by atoms with Gasteiger partial charge in [0.05, 0.1) is 38.4 Å². The van der Waals surface area contributed by atoms with Gasteiger partial charge in [0.15, 0.2) is 11.5 Å². The van der Waals surface area contributed by atoms with E-state index in [2.05, 4.69) is 0 Å². The first kappa shape index (κ1) is 21.4. The Kier molecular flexibility index (Phi) is 6.07. The molecule has 1 heterocycles. The summed E-state index contributed by atoms with van der Waals surface area (Å²) < 4.78 is 44.3. The number of nitrogens with zero attached hydrogens (tertiary/aromatic N) is 1. The molecular weight excluding hydrogens is 394 g/mol. The second-order valence-corrected chi connectivity index (χ2v) is 8.99. The smallest absolute Gasteiger partial charge is 0.244 e. The number of methoxy groups -OCH3 is 3. The van der Waals surface area contributed by atoms with Gasteiger partial charge in [0.2, 0.25) is 15.8 Å². The first-order valence-corrected chi connectivity index (χ1v) is 10.8. The van der Waals surface area contributed by atoms with Crippen molar-refractivity contribution in [2.24, 2.45) is 0 Å². The third-order valence-corrected chi connectivity index (χ3v) is 7.38. The monoisotopic (exact) mass is 421 g/mol. The number of ether oxygens (including phenoxy) is 3. The molecule has 0 amide bonds. The van der Waals surface area contributed by atoms with Gasteiger partial charge in [0.25, 0.3) is 0 Å². The maximum atomic E-state index is 13.3. The molecule has 3 rings (SSSR count). The molecule has 0 saturated heterocycles. The number of hydrogen-bond donors (Lipinski definition) is 1. The Balaban J connectivity index is 2.13. The molecule has 8 heteroatoms. The van der Waals surface area contributed by atoms with Crippen molar-refractivity contribution in [3.05, 3.63) is 47.5 Å². The van der Waals surface area contributed by atoms with Crippen LogP contribution in [0, 0.1) is 0 Å². The van der Waals surface area contributed by atoms with E-state index in [1.54, 1.807) is 44.2 Å². The Hall–Kier alpha value is -2.29. The SMILES string of the molecule is COc1ccc(C[C@H]2[C@@H](O)c3ccccc3S(=O)(=O)N2C(C)C)c(OC)c1OC. The molecule has 1 aliphatic heterocycles. The molecule has 0 aliphatic carbocycles. The van der Waals surface area contributed by atoms with Crippen molar-refractivity contribution in [3.63, 3.8) is 0 Å². The Labute approximate surface area is 171 Å². The van der Waals surface area contributed by atoms with Crippen molar-refractivity contribution in [1.82, 2.24) is 4.31 Å². The number of rotatable bonds is 6. The fourth-order valence-corrected chi connectivity index (χ4v) is 6.08. The minimum absolute atomic E-state index is 0.150. The van der Waals surface area contributed by atoms with E-state index in [1.807, 2.05) is 0 Å². The van der Waals surface area contributed by atoms with Crippen LogP contribution >= 0.6 is 0 Å². The van der Waals surface area contributed by atoms with Crippen molar-refractivity contribution in [2.45, 2.75) is 43.4 Å². The normalized spacial score (nSPS) is 20.9. The second-order valence-electron chi connectivity index (χ2n) is 7.18. The zero-order chi connectivity index (χ0) is 21.3. The lowest BCUT2D eigenvalue weighted by atomic mass is 9.94. The third-order valence-electron chi connectivity index (χ3n) is 5.21. The van der Waals surface area contributed by atoms with Gasteiger partial charge in [0.1, 0.15) is 0 Å². The fraction of sp³-hybridized carbons (Fsp3) is 0.429. The maximum absolute atomic E-state index is 13.3. The molecule has 0 spiro atoms. The molecule has 2 aromatic carbocycles. The molecule has 1 N–H and O–H groups in total. The molecule has 0 aromatic heterocycles. The Bertz CT molecular complexity index is 989. The van der Waals surface area contributed by atoms with Gasteiger partial charge in [-0.1, -0.05) is 24.3 Å². The summed E-state index contributed by atoms with van der Waals surface area (Å²) in [6.45, 7) is 3.61. The summed E-state index contributed by atoms with van der Waals surface area (Å²) in [5.41, 5.74) is 1.13. The highest BCUT2D eigenvalue weighted by Gasteiger charge is 2.45. The van der Waals surface area contributed by atoms with Crippen LogP contribution in [-0.4, -0.2) is 51.2 Å². The summed E-state index contributed by atoms with van der Waals surface area (Å²) in [7, 11) is 0.811. The van der Waals surface area contributed by atoms with Crippen molar-refractivity contribution in [1.29, 1.82) is 0 Å². The van der Waals surface area contributed by atoms with Gasteiger partial charge < -0.3 is 19.3 Å². The molecule has 0 fully saturated rings. The molecule has 0 unspecified atom stereocenters. The molecule has 158 valence electrons. The standard InChI is InChI=1S/C21H27NO6S/c1-13(2)22-16(19(23)15-8-6-7-9-18(15)29(22,24)25)12-14-10-11-17(26-3)21(28-5)20(14)27-4/h6-11,13,16,19,23H,12H2,1-5H3/t16-,19-/m0/s1. The predicted octanol–water partition coefficient (Wildman–Crippen LogP) is 2.77. The van der Waals surface area contributed by atoms with Gasteiger partial charge in [-0.3, -0.25) is 0 Å². The van der Waals surface area contributed by atoms with Crippen LogP contribution in [0.5, 0.6) is 17.2 Å². The third kappa shape index (κ3) is 3.56. The lowest BCUT2D eigenvalue weighted by molar-refractivity contribution is 0.0681. The van der Waals surface area contributed by atoms with Crippen molar-refractivity contribution >= 4 is 10.0 Å². The molecule has 2 atom stereocenters. The summed E-state index contributed by atoms with van der Waals surface area (Å²) in [6.07, 6.45) is -0.730. The number of hydrogen-bond acceptors (Lipinski definition) is 6. The first-order valence-electron chi connectivity index (χ1n) is 9.36. The van der Waals surface area contributed by atoms with Gasteiger partial charge in [-0.15, -0.1) is 0 Å². The van der Waals surface area contributed by atoms with Crippen LogP contribution in [0.25, 0.3) is 0 Å². The Morgan fingerprint density at radius 2 is 1.66 bits per heavy atom. The van der Waals surface area contributed by atoms with Crippen molar-refractivity contribution < 1.29 is 27.7 Å². The topological polar surface area (TPSA) is 85.3 Å². The van der Waals surface area contributed by atoms with E-state index in [4.69, 9.17) is 14.2 Å². The van der Waals surface area contributed by atoms with Crippen LogP contribution in [0.3, 0.4) is 0 Å². The minimum Gasteiger partial charge on any atom is -0.493 e. The van der Waals surface area contributed by atoms with Crippen LogP contribution < -0.4 is 14.2 Å². The minimum atomic E-state index is -3.76. The van der Waals surface area contributed by atoms with Crippen LogP contribution in [0.2, 0.25) is 0 Å². The largest absolute Gasteiger partial charge is 0.493 e. The van der Waals surface area contributed by atoms with Gasteiger partial charge in [-0.2, -0.15) is 4.31 Å². The fourth-order valence-electron chi connectivity index (χ4n) is 4.01. The average molecular weight is 422 g/mol. The summed E-state index contributed by atoms with van der Waals surface area (Å²) in [4.78, 5) is 0.150. The number of benzene rings is 2. The van der Waals surface area contributed by atoms with Gasteiger partial charge in [-0.05, 0) is 38.0 Å². The van der Waals surface area contributed by atoms with E-state index in [9.17, 15) is 13.5 Å². The summed E-state index contributed by atoms with van der Waals surface area (Å²) >= 11 is 0. The van der Waals surface area contributed by atoms with E-state index in [1.165, 1.54) is 31.7 Å². The summed E-state index contributed by atoms with van der Waals surface area (Å²) in [5, 5.41) is 11.1. The van der Waals surface area contributed by atoms with Gasteiger partial charge >= 0.3 is 0 Å². The van der Waals surface area contributed by atoms with Crippen molar-refractivity contribution in [2.75, 3.05) is 21.3 Å². The molecule has 0 bridgehead atoms.